The standard InChI is InChI=1S/C17H36N4.HI/c1-5-6-12-20(4)17(18-3)19-11-7-8-13-21-14-9-16(2)10-15-21;/h16H,5-15H2,1-4H3,(H,18,19);1H. The average Bonchev–Trinajstić information content (AvgIpc) is 2.50. The van der Waals surface area contributed by atoms with Gasteiger partial charge in [-0.15, -0.1) is 24.0 Å². The molecule has 0 atom stereocenters. The predicted octanol–water partition coefficient (Wildman–Crippen LogP) is 3.42. The van der Waals surface area contributed by atoms with Crippen LogP contribution in [0.15, 0.2) is 4.99 Å². The molecule has 0 unspecified atom stereocenters. The fourth-order valence-corrected chi connectivity index (χ4v) is 2.83. The zero-order chi connectivity index (χ0) is 15.5. The van der Waals surface area contributed by atoms with E-state index in [2.05, 4.69) is 41.0 Å². The Morgan fingerprint density at radius 3 is 2.50 bits per heavy atom. The number of unbranched alkanes of at least 4 members (excludes halogenated alkanes) is 2. The van der Waals surface area contributed by atoms with Gasteiger partial charge in [0.25, 0.3) is 0 Å². The molecule has 0 aromatic heterocycles. The maximum atomic E-state index is 4.36. The molecule has 0 aliphatic carbocycles. The fraction of sp³-hybridized carbons (Fsp3) is 0.941. The van der Waals surface area contributed by atoms with Crippen molar-refractivity contribution in [3.8, 4) is 0 Å². The minimum atomic E-state index is 0. The molecule has 5 heteroatoms. The summed E-state index contributed by atoms with van der Waals surface area (Å²) in [6, 6.07) is 0. The van der Waals surface area contributed by atoms with Crippen molar-refractivity contribution in [1.29, 1.82) is 0 Å². The minimum absolute atomic E-state index is 0. The third-order valence-electron chi connectivity index (χ3n) is 4.48. The summed E-state index contributed by atoms with van der Waals surface area (Å²) in [5, 5.41) is 3.48. The van der Waals surface area contributed by atoms with Crippen molar-refractivity contribution < 1.29 is 0 Å². The molecular formula is C17H37IN4. The Labute approximate surface area is 155 Å². The van der Waals surface area contributed by atoms with Gasteiger partial charge in [-0.2, -0.15) is 0 Å². The smallest absolute Gasteiger partial charge is 0.193 e. The Hall–Kier alpha value is -0.0400. The highest BCUT2D eigenvalue weighted by Gasteiger charge is 2.14. The number of rotatable bonds is 8. The van der Waals surface area contributed by atoms with Crippen molar-refractivity contribution in [2.24, 2.45) is 10.9 Å². The first kappa shape index (κ1) is 22.0. The first-order valence-corrected chi connectivity index (χ1v) is 8.81. The van der Waals surface area contributed by atoms with Crippen molar-refractivity contribution in [2.75, 3.05) is 46.8 Å². The van der Waals surface area contributed by atoms with Crippen molar-refractivity contribution in [2.45, 2.75) is 52.4 Å². The highest BCUT2D eigenvalue weighted by molar-refractivity contribution is 14.0. The molecule has 4 nitrogen and oxygen atoms in total. The molecule has 0 spiro atoms. The first-order chi connectivity index (χ1) is 10.2. The lowest BCUT2D eigenvalue weighted by Gasteiger charge is -2.30. The zero-order valence-corrected chi connectivity index (χ0v) is 17.4. The van der Waals surface area contributed by atoms with E-state index < -0.39 is 0 Å². The van der Waals surface area contributed by atoms with E-state index >= 15 is 0 Å². The largest absolute Gasteiger partial charge is 0.356 e. The van der Waals surface area contributed by atoms with E-state index in [1.807, 2.05) is 7.05 Å². The van der Waals surface area contributed by atoms with Gasteiger partial charge in [-0.1, -0.05) is 20.3 Å². The van der Waals surface area contributed by atoms with Crippen LogP contribution >= 0.6 is 24.0 Å². The maximum Gasteiger partial charge on any atom is 0.193 e. The summed E-state index contributed by atoms with van der Waals surface area (Å²) in [5.41, 5.74) is 0. The molecule has 1 N–H and O–H groups in total. The summed E-state index contributed by atoms with van der Waals surface area (Å²) >= 11 is 0. The molecule has 132 valence electrons. The molecular weight excluding hydrogens is 387 g/mol. The van der Waals surface area contributed by atoms with Gasteiger partial charge in [0, 0.05) is 27.2 Å². The fourth-order valence-electron chi connectivity index (χ4n) is 2.83. The molecule has 1 heterocycles. The van der Waals surface area contributed by atoms with Gasteiger partial charge in [0.2, 0.25) is 0 Å². The Bertz CT molecular complexity index is 288. The van der Waals surface area contributed by atoms with Crippen molar-refractivity contribution >= 4 is 29.9 Å². The second-order valence-corrected chi connectivity index (χ2v) is 6.48. The number of nitrogens with zero attached hydrogens (tertiary/aromatic N) is 3. The van der Waals surface area contributed by atoms with Gasteiger partial charge in [0.05, 0.1) is 0 Å². The minimum Gasteiger partial charge on any atom is -0.356 e. The number of likely N-dealkylation sites (tertiary alicyclic amines) is 1. The average molecular weight is 424 g/mol. The van der Waals surface area contributed by atoms with Gasteiger partial charge in [0.1, 0.15) is 0 Å². The molecule has 1 aliphatic rings. The van der Waals surface area contributed by atoms with Crippen LogP contribution in [0.3, 0.4) is 0 Å². The quantitative estimate of drug-likeness (QED) is 0.280. The summed E-state index contributed by atoms with van der Waals surface area (Å²) < 4.78 is 0. The van der Waals surface area contributed by atoms with E-state index in [1.165, 1.54) is 58.2 Å². The lowest BCUT2D eigenvalue weighted by Crippen LogP contribution is -2.40. The topological polar surface area (TPSA) is 30.9 Å². The molecule has 1 aliphatic heterocycles. The molecule has 0 aromatic rings. The van der Waals surface area contributed by atoms with Crippen LogP contribution in [0.5, 0.6) is 0 Å². The van der Waals surface area contributed by atoms with Crippen LogP contribution in [-0.4, -0.2) is 62.6 Å². The van der Waals surface area contributed by atoms with Gasteiger partial charge < -0.3 is 15.1 Å². The third kappa shape index (κ3) is 9.18. The van der Waals surface area contributed by atoms with Gasteiger partial charge in [-0.05, 0) is 57.7 Å². The van der Waals surface area contributed by atoms with Crippen LogP contribution in [0.4, 0.5) is 0 Å². The van der Waals surface area contributed by atoms with E-state index in [-0.39, 0.29) is 24.0 Å². The Balaban J connectivity index is 0.00000441. The number of nitrogens with one attached hydrogen (secondary N) is 1. The van der Waals surface area contributed by atoms with Crippen molar-refractivity contribution in [3.05, 3.63) is 0 Å². The van der Waals surface area contributed by atoms with Gasteiger partial charge in [-0.3, -0.25) is 4.99 Å². The van der Waals surface area contributed by atoms with E-state index in [9.17, 15) is 0 Å². The second-order valence-electron chi connectivity index (χ2n) is 6.48. The Morgan fingerprint density at radius 2 is 1.91 bits per heavy atom. The summed E-state index contributed by atoms with van der Waals surface area (Å²) in [4.78, 5) is 9.22. The number of guanidine groups is 1. The molecule has 0 amide bonds. The van der Waals surface area contributed by atoms with Gasteiger partial charge in [-0.25, -0.2) is 0 Å². The number of halogens is 1. The van der Waals surface area contributed by atoms with Crippen LogP contribution < -0.4 is 5.32 Å². The zero-order valence-electron chi connectivity index (χ0n) is 15.1. The van der Waals surface area contributed by atoms with E-state index in [0.29, 0.717) is 0 Å². The summed E-state index contributed by atoms with van der Waals surface area (Å²) in [6.07, 6.45) is 7.74. The molecule has 22 heavy (non-hydrogen) atoms. The highest BCUT2D eigenvalue weighted by Crippen LogP contribution is 2.15. The maximum absolute atomic E-state index is 4.36. The van der Waals surface area contributed by atoms with E-state index in [4.69, 9.17) is 0 Å². The Kier molecular flexibility index (Phi) is 13.4. The number of hydrogen-bond acceptors (Lipinski definition) is 2. The normalized spacial score (nSPS) is 17.2. The highest BCUT2D eigenvalue weighted by atomic mass is 127. The lowest BCUT2D eigenvalue weighted by atomic mass is 9.99. The molecule has 1 fully saturated rings. The molecule has 0 bridgehead atoms. The molecule has 1 rings (SSSR count). The SMILES string of the molecule is CCCCN(C)C(=NC)NCCCCN1CCC(C)CC1.I. The molecule has 1 saturated heterocycles. The van der Waals surface area contributed by atoms with Crippen molar-refractivity contribution in [3.63, 3.8) is 0 Å². The molecule has 0 radical (unpaired) electrons. The van der Waals surface area contributed by atoms with Gasteiger partial charge >= 0.3 is 0 Å². The summed E-state index contributed by atoms with van der Waals surface area (Å²) in [6.45, 7) is 10.6. The lowest BCUT2D eigenvalue weighted by molar-refractivity contribution is 0.189. The van der Waals surface area contributed by atoms with Crippen LogP contribution in [0, 0.1) is 5.92 Å². The number of hydrogen-bond donors (Lipinski definition) is 1. The van der Waals surface area contributed by atoms with Crippen LogP contribution in [-0.2, 0) is 0 Å². The van der Waals surface area contributed by atoms with Crippen LogP contribution in [0.25, 0.3) is 0 Å². The van der Waals surface area contributed by atoms with Crippen molar-refractivity contribution in [1.82, 2.24) is 15.1 Å². The second kappa shape index (κ2) is 13.4. The molecule has 0 aromatic carbocycles. The van der Waals surface area contributed by atoms with E-state index in [0.717, 1.165) is 25.0 Å². The summed E-state index contributed by atoms with van der Waals surface area (Å²) in [7, 11) is 4.00. The predicted molar refractivity (Wildman–Crippen MR) is 108 cm³/mol. The van der Waals surface area contributed by atoms with Crippen LogP contribution in [0.2, 0.25) is 0 Å². The first-order valence-electron chi connectivity index (χ1n) is 8.81. The summed E-state index contributed by atoms with van der Waals surface area (Å²) in [5.74, 6) is 1.97. The monoisotopic (exact) mass is 424 g/mol. The third-order valence-corrected chi connectivity index (χ3v) is 4.48. The molecule has 0 saturated carbocycles. The van der Waals surface area contributed by atoms with Crippen LogP contribution in [0.1, 0.15) is 52.4 Å². The Morgan fingerprint density at radius 1 is 1.23 bits per heavy atom. The number of aliphatic imine (C=N–C) groups is 1. The van der Waals surface area contributed by atoms with Gasteiger partial charge in [0.15, 0.2) is 5.96 Å². The number of piperidine rings is 1. The van der Waals surface area contributed by atoms with E-state index in [1.54, 1.807) is 0 Å².